The number of hydrogen-bond donors (Lipinski definition) is 1. The van der Waals surface area contributed by atoms with E-state index in [1.165, 1.54) is 0 Å². The fraction of sp³-hybridized carbons (Fsp3) is 0.278. The van der Waals surface area contributed by atoms with Gasteiger partial charge in [0.05, 0.1) is 24.6 Å². The number of para-hydroxylation sites is 1. The van der Waals surface area contributed by atoms with Gasteiger partial charge in [-0.1, -0.05) is 18.2 Å². The molecule has 124 valence electrons. The van der Waals surface area contributed by atoms with Crippen molar-refractivity contribution < 1.29 is 4.74 Å². The molecule has 0 saturated heterocycles. The van der Waals surface area contributed by atoms with Crippen LogP contribution in [0.2, 0.25) is 0 Å². The maximum absolute atomic E-state index is 5.77. The van der Waals surface area contributed by atoms with Crippen molar-refractivity contribution in [3.05, 3.63) is 59.7 Å². The number of aryl methyl sites for hydroxylation is 3. The predicted molar refractivity (Wildman–Crippen MR) is 93.8 cm³/mol. The van der Waals surface area contributed by atoms with Crippen LogP contribution in [0, 0.1) is 20.8 Å². The first-order valence-corrected chi connectivity index (χ1v) is 7.91. The van der Waals surface area contributed by atoms with Crippen molar-refractivity contribution in [2.75, 3.05) is 18.5 Å². The highest BCUT2D eigenvalue weighted by Crippen LogP contribution is 2.16. The van der Waals surface area contributed by atoms with Gasteiger partial charge in [0.15, 0.2) is 5.82 Å². The number of nitrogens with one attached hydrogen (secondary N) is 1. The number of aromatic nitrogens is 4. The quantitative estimate of drug-likeness (QED) is 0.706. The standard InChI is InChI=1S/C18H21N5O/c1-13-6-4-5-7-16(13)24-9-8-20-17-11-19-12-18(21-17)23-15(3)10-14(2)22-23/h4-7,10-12H,8-9H2,1-3H3,(H,20,21). The SMILES string of the molecule is Cc1cc(C)n(-c2cncc(NCCOc3ccccc3C)n2)n1. The van der Waals surface area contributed by atoms with E-state index in [9.17, 15) is 0 Å². The fourth-order valence-corrected chi connectivity index (χ4v) is 2.46. The van der Waals surface area contributed by atoms with Crippen LogP contribution in [0.25, 0.3) is 5.82 Å². The first-order valence-electron chi connectivity index (χ1n) is 7.91. The van der Waals surface area contributed by atoms with E-state index in [0.29, 0.717) is 24.8 Å². The average Bonchev–Trinajstić information content (AvgIpc) is 2.92. The van der Waals surface area contributed by atoms with Crippen molar-refractivity contribution >= 4 is 5.82 Å². The molecule has 2 aromatic heterocycles. The van der Waals surface area contributed by atoms with Crippen LogP contribution in [0.5, 0.6) is 5.75 Å². The van der Waals surface area contributed by atoms with E-state index >= 15 is 0 Å². The molecule has 0 saturated carbocycles. The first-order chi connectivity index (χ1) is 11.6. The second-order valence-electron chi connectivity index (χ2n) is 5.64. The van der Waals surface area contributed by atoms with Crippen LogP contribution in [-0.2, 0) is 0 Å². The molecule has 0 radical (unpaired) electrons. The van der Waals surface area contributed by atoms with E-state index in [1.54, 1.807) is 17.1 Å². The van der Waals surface area contributed by atoms with Gasteiger partial charge in [0.25, 0.3) is 0 Å². The number of benzene rings is 1. The van der Waals surface area contributed by atoms with Crippen LogP contribution in [0.15, 0.2) is 42.7 Å². The lowest BCUT2D eigenvalue weighted by Crippen LogP contribution is -2.14. The predicted octanol–water partition coefficient (Wildman–Crippen LogP) is 3.08. The highest BCUT2D eigenvalue weighted by Gasteiger charge is 2.06. The van der Waals surface area contributed by atoms with Crippen molar-refractivity contribution in [2.45, 2.75) is 20.8 Å². The topological polar surface area (TPSA) is 64.9 Å². The molecule has 6 nitrogen and oxygen atoms in total. The molecule has 1 aromatic carbocycles. The molecule has 0 spiro atoms. The van der Waals surface area contributed by atoms with Crippen molar-refractivity contribution in [3.8, 4) is 11.6 Å². The summed E-state index contributed by atoms with van der Waals surface area (Å²) in [6, 6.07) is 9.99. The van der Waals surface area contributed by atoms with Crippen LogP contribution in [0.1, 0.15) is 17.0 Å². The normalized spacial score (nSPS) is 10.6. The maximum Gasteiger partial charge on any atom is 0.174 e. The summed E-state index contributed by atoms with van der Waals surface area (Å²) in [5.41, 5.74) is 3.12. The van der Waals surface area contributed by atoms with E-state index in [-0.39, 0.29) is 0 Å². The van der Waals surface area contributed by atoms with E-state index in [0.717, 1.165) is 22.7 Å². The summed E-state index contributed by atoms with van der Waals surface area (Å²) >= 11 is 0. The molecular formula is C18H21N5O. The van der Waals surface area contributed by atoms with Gasteiger partial charge in [0.1, 0.15) is 18.2 Å². The highest BCUT2D eigenvalue weighted by molar-refractivity contribution is 5.37. The lowest BCUT2D eigenvalue weighted by Gasteiger charge is -2.10. The van der Waals surface area contributed by atoms with E-state index < -0.39 is 0 Å². The molecule has 2 heterocycles. The Morgan fingerprint density at radius 1 is 1.12 bits per heavy atom. The van der Waals surface area contributed by atoms with Crippen LogP contribution >= 0.6 is 0 Å². The third kappa shape index (κ3) is 3.71. The first kappa shape index (κ1) is 16.0. The molecule has 3 aromatic rings. The summed E-state index contributed by atoms with van der Waals surface area (Å²) in [7, 11) is 0. The maximum atomic E-state index is 5.77. The minimum atomic E-state index is 0.552. The Kier molecular flexibility index (Phi) is 4.74. The van der Waals surface area contributed by atoms with Gasteiger partial charge in [0, 0.05) is 5.69 Å². The third-order valence-electron chi connectivity index (χ3n) is 3.61. The summed E-state index contributed by atoms with van der Waals surface area (Å²) in [5.74, 6) is 2.31. The van der Waals surface area contributed by atoms with Gasteiger partial charge in [-0.15, -0.1) is 0 Å². The second-order valence-corrected chi connectivity index (χ2v) is 5.64. The minimum absolute atomic E-state index is 0.552. The second kappa shape index (κ2) is 7.12. The minimum Gasteiger partial charge on any atom is -0.491 e. The molecule has 0 aliphatic heterocycles. The zero-order chi connectivity index (χ0) is 16.9. The zero-order valence-electron chi connectivity index (χ0n) is 14.2. The van der Waals surface area contributed by atoms with Crippen molar-refractivity contribution in [3.63, 3.8) is 0 Å². The van der Waals surface area contributed by atoms with Gasteiger partial charge in [-0.05, 0) is 38.5 Å². The molecule has 3 rings (SSSR count). The van der Waals surface area contributed by atoms with Crippen LogP contribution in [0.4, 0.5) is 5.82 Å². The van der Waals surface area contributed by atoms with E-state index in [4.69, 9.17) is 4.74 Å². The molecule has 0 amide bonds. The van der Waals surface area contributed by atoms with Crippen LogP contribution < -0.4 is 10.1 Å². The average molecular weight is 323 g/mol. The third-order valence-corrected chi connectivity index (χ3v) is 3.61. The molecule has 0 unspecified atom stereocenters. The zero-order valence-corrected chi connectivity index (χ0v) is 14.2. The molecule has 24 heavy (non-hydrogen) atoms. The molecule has 0 atom stereocenters. The van der Waals surface area contributed by atoms with Crippen molar-refractivity contribution in [1.29, 1.82) is 0 Å². The van der Waals surface area contributed by atoms with Gasteiger partial charge in [-0.3, -0.25) is 4.98 Å². The van der Waals surface area contributed by atoms with Gasteiger partial charge in [-0.25, -0.2) is 9.67 Å². The molecule has 1 N–H and O–H groups in total. The Morgan fingerprint density at radius 2 is 1.96 bits per heavy atom. The largest absolute Gasteiger partial charge is 0.491 e. The summed E-state index contributed by atoms with van der Waals surface area (Å²) in [6.45, 7) is 7.19. The molecule has 0 aliphatic rings. The van der Waals surface area contributed by atoms with E-state index in [2.05, 4.69) is 20.4 Å². The molecule has 0 bridgehead atoms. The van der Waals surface area contributed by atoms with Crippen molar-refractivity contribution in [2.24, 2.45) is 0 Å². The Balaban J connectivity index is 1.59. The summed E-state index contributed by atoms with van der Waals surface area (Å²) < 4.78 is 7.56. The lowest BCUT2D eigenvalue weighted by atomic mass is 10.2. The van der Waals surface area contributed by atoms with Crippen LogP contribution in [0.3, 0.4) is 0 Å². The summed E-state index contributed by atoms with van der Waals surface area (Å²) in [4.78, 5) is 8.79. The summed E-state index contributed by atoms with van der Waals surface area (Å²) in [6.07, 6.45) is 3.40. The van der Waals surface area contributed by atoms with Gasteiger partial charge in [-0.2, -0.15) is 5.10 Å². The summed E-state index contributed by atoms with van der Waals surface area (Å²) in [5, 5.41) is 7.66. The number of anilines is 1. The fourth-order valence-electron chi connectivity index (χ4n) is 2.46. The van der Waals surface area contributed by atoms with Crippen molar-refractivity contribution in [1.82, 2.24) is 19.7 Å². The number of ether oxygens (including phenoxy) is 1. The van der Waals surface area contributed by atoms with Gasteiger partial charge in [0.2, 0.25) is 0 Å². The lowest BCUT2D eigenvalue weighted by molar-refractivity contribution is 0.330. The molecule has 6 heteroatoms. The highest BCUT2D eigenvalue weighted by atomic mass is 16.5. The number of nitrogens with zero attached hydrogens (tertiary/aromatic N) is 4. The van der Waals surface area contributed by atoms with Gasteiger partial charge >= 0.3 is 0 Å². The Hall–Kier alpha value is -2.89. The van der Waals surface area contributed by atoms with Gasteiger partial charge < -0.3 is 10.1 Å². The Bertz CT molecular complexity index is 828. The Labute approximate surface area is 141 Å². The Morgan fingerprint density at radius 3 is 2.71 bits per heavy atom. The molecular weight excluding hydrogens is 302 g/mol. The monoisotopic (exact) mass is 323 g/mol. The van der Waals surface area contributed by atoms with Crippen LogP contribution in [-0.4, -0.2) is 32.9 Å². The van der Waals surface area contributed by atoms with E-state index in [1.807, 2.05) is 51.1 Å². The smallest absolute Gasteiger partial charge is 0.174 e. The number of hydrogen-bond acceptors (Lipinski definition) is 5. The molecule has 0 aliphatic carbocycles. The molecule has 0 fully saturated rings. The number of rotatable bonds is 6.